The smallest absolute Gasteiger partial charge is 0.340 e. The molecule has 1 fully saturated rings. The predicted octanol–water partition coefficient (Wildman–Crippen LogP) is 0.705. The van der Waals surface area contributed by atoms with Gasteiger partial charge in [-0.05, 0) is 48.5 Å². The minimum absolute atomic E-state index is 0.555. The van der Waals surface area contributed by atoms with Gasteiger partial charge in [-0.3, -0.25) is 0 Å². The van der Waals surface area contributed by atoms with Crippen molar-refractivity contribution in [3.05, 3.63) is 70.8 Å². The Morgan fingerprint density at radius 2 is 0.732 bits per heavy atom. The number of ether oxygens (including phenoxy) is 5. The van der Waals surface area contributed by atoms with Crippen LogP contribution in [-0.4, -0.2) is 128 Å². The first-order chi connectivity index (χ1) is 26.3. The van der Waals surface area contributed by atoms with Crippen molar-refractivity contribution in [1.29, 1.82) is 0 Å². The molecule has 1 saturated heterocycles. The van der Waals surface area contributed by atoms with Crippen molar-refractivity contribution in [1.82, 2.24) is 0 Å². The maximum atomic E-state index is 13.4. The minimum Gasteiger partial charge on any atom is -0.504 e. The van der Waals surface area contributed by atoms with Crippen LogP contribution in [0.4, 0.5) is 0 Å². The molecule has 0 amide bonds. The van der Waals surface area contributed by atoms with E-state index < -0.39 is 152 Å². The Morgan fingerprint density at radius 3 is 1.07 bits per heavy atom. The lowest BCUT2D eigenvalue weighted by molar-refractivity contribution is -0.283. The van der Waals surface area contributed by atoms with Crippen LogP contribution in [0.1, 0.15) is 41.4 Å². The summed E-state index contributed by atoms with van der Waals surface area (Å²) in [5.41, 5.74) is -2.65. The molecule has 22 nitrogen and oxygen atoms in total. The fraction of sp³-hybridized carbons (Fsp3) is 0.176. The largest absolute Gasteiger partial charge is 0.504 e. The van der Waals surface area contributed by atoms with Gasteiger partial charge >= 0.3 is 23.9 Å². The van der Waals surface area contributed by atoms with Crippen LogP contribution in [0.25, 0.3) is 0 Å². The van der Waals surface area contributed by atoms with Gasteiger partial charge in [0, 0.05) is 0 Å². The zero-order chi connectivity index (χ0) is 41.3. The van der Waals surface area contributed by atoms with Gasteiger partial charge in [-0.15, -0.1) is 0 Å². The third-order valence-electron chi connectivity index (χ3n) is 7.93. The highest BCUT2D eigenvalue weighted by Crippen LogP contribution is 2.40. The third-order valence-corrected chi connectivity index (χ3v) is 7.93. The van der Waals surface area contributed by atoms with Gasteiger partial charge in [0.15, 0.2) is 75.1 Å². The molecule has 0 unspecified atom stereocenters. The van der Waals surface area contributed by atoms with Crippen LogP contribution in [0.2, 0.25) is 0 Å². The highest BCUT2D eigenvalue weighted by Gasteiger charge is 2.52. The van der Waals surface area contributed by atoms with E-state index in [0.717, 1.165) is 0 Å². The van der Waals surface area contributed by atoms with E-state index >= 15 is 0 Å². The first-order valence-electron chi connectivity index (χ1n) is 15.4. The summed E-state index contributed by atoms with van der Waals surface area (Å²) >= 11 is 0. The van der Waals surface area contributed by atoms with E-state index in [0.29, 0.717) is 48.5 Å². The number of hydrogen-bond acceptors (Lipinski definition) is 22. The number of phenolic OH excluding ortho intramolecular Hbond substituents is 12. The van der Waals surface area contributed by atoms with Crippen molar-refractivity contribution in [2.75, 3.05) is 6.61 Å². The van der Waals surface area contributed by atoms with Gasteiger partial charge in [0.2, 0.25) is 12.4 Å². The number of carbonyl (C=O) groups is 4. The molecule has 4 aromatic carbocycles. The van der Waals surface area contributed by atoms with Crippen molar-refractivity contribution >= 4 is 23.9 Å². The lowest BCUT2D eigenvalue weighted by Gasteiger charge is -2.42. The fourth-order valence-corrected chi connectivity index (χ4v) is 5.07. The Labute approximate surface area is 310 Å². The van der Waals surface area contributed by atoms with Crippen LogP contribution in [0.5, 0.6) is 69.0 Å². The second-order valence-electron chi connectivity index (χ2n) is 11.7. The molecule has 0 saturated carbocycles. The quantitative estimate of drug-likeness (QED) is 0.0630. The molecular formula is C34H28O22. The second-order valence-corrected chi connectivity index (χ2v) is 11.7. The van der Waals surface area contributed by atoms with E-state index in [2.05, 4.69) is 0 Å². The van der Waals surface area contributed by atoms with E-state index in [1.54, 1.807) is 0 Å². The summed E-state index contributed by atoms with van der Waals surface area (Å²) < 4.78 is 26.7. The lowest BCUT2D eigenvalue weighted by atomic mass is 9.98. The Morgan fingerprint density at radius 1 is 0.446 bits per heavy atom. The van der Waals surface area contributed by atoms with Gasteiger partial charge in [-0.25, -0.2) is 19.2 Å². The predicted molar refractivity (Wildman–Crippen MR) is 175 cm³/mol. The number of rotatable bonds is 9. The standard InChI is InChI=1S/C34H28O22/c35-14-1-10(2-15(36)23(14)43)30(48)52-9-22-27(47)28(54-31(49)11-3-16(37)24(44)17(38)4-11)29(55-32(50)12-5-18(39)25(45)19(40)6-12)34(53-22)56-33(51)13-7-20(41)26(46)21(42)8-13/h1-8,22,27-29,34-47H,9H2/t22-,27+,28-,29-,34+/m1/s1. The summed E-state index contributed by atoms with van der Waals surface area (Å²) in [6, 6.07) is 5.01. The normalized spacial score (nSPS) is 19.1. The van der Waals surface area contributed by atoms with Gasteiger partial charge in [0.1, 0.15) is 18.8 Å². The highest BCUT2D eigenvalue weighted by molar-refractivity contribution is 5.93. The summed E-state index contributed by atoms with van der Waals surface area (Å²) in [5, 5.41) is 129. The van der Waals surface area contributed by atoms with Crippen molar-refractivity contribution in [3.8, 4) is 69.0 Å². The van der Waals surface area contributed by atoms with Crippen LogP contribution in [0.15, 0.2) is 48.5 Å². The molecule has 5 rings (SSSR count). The van der Waals surface area contributed by atoms with Crippen LogP contribution in [0.3, 0.4) is 0 Å². The number of benzene rings is 4. The molecule has 0 aromatic heterocycles. The number of aliphatic hydroxyl groups is 1. The van der Waals surface area contributed by atoms with E-state index in [1.165, 1.54) is 0 Å². The minimum atomic E-state index is -2.36. The number of carbonyl (C=O) groups excluding carboxylic acids is 4. The molecule has 0 radical (unpaired) electrons. The zero-order valence-electron chi connectivity index (χ0n) is 27.7. The van der Waals surface area contributed by atoms with Crippen LogP contribution < -0.4 is 0 Å². The molecular weight excluding hydrogens is 760 g/mol. The van der Waals surface area contributed by atoms with Crippen molar-refractivity contribution in [2.24, 2.45) is 0 Å². The maximum absolute atomic E-state index is 13.4. The average molecular weight is 789 g/mol. The molecule has 0 aliphatic carbocycles. The molecule has 296 valence electrons. The zero-order valence-corrected chi connectivity index (χ0v) is 27.7. The van der Waals surface area contributed by atoms with Crippen molar-refractivity contribution in [2.45, 2.75) is 30.7 Å². The van der Waals surface area contributed by atoms with Gasteiger partial charge in [-0.2, -0.15) is 0 Å². The molecule has 0 spiro atoms. The number of hydrogen-bond donors (Lipinski definition) is 13. The molecule has 1 heterocycles. The Bertz CT molecular complexity index is 2140. The summed E-state index contributed by atoms with van der Waals surface area (Å²) in [6.45, 7) is -1.06. The van der Waals surface area contributed by atoms with Gasteiger partial charge in [-0.1, -0.05) is 0 Å². The molecule has 5 atom stereocenters. The Hall–Kier alpha value is -7.72. The van der Waals surface area contributed by atoms with Gasteiger partial charge < -0.3 is 90.1 Å². The van der Waals surface area contributed by atoms with Crippen LogP contribution in [0, 0.1) is 0 Å². The molecule has 4 aromatic rings. The van der Waals surface area contributed by atoms with E-state index in [4.69, 9.17) is 23.7 Å². The number of aromatic hydroxyl groups is 12. The topological polar surface area (TPSA) is 377 Å². The lowest BCUT2D eigenvalue weighted by Crippen LogP contribution is -2.62. The first-order valence-corrected chi connectivity index (χ1v) is 15.4. The number of phenols is 12. The molecule has 13 N–H and O–H groups in total. The number of aliphatic hydroxyl groups excluding tert-OH is 1. The van der Waals surface area contributed by atoms with E-state index in [-0.39, 0.29) is 0 Å². The monoisotopic (exact) mass is 788 g/mol. The van der Waals surface area contributed by atoms with Crippen molar-refractivity contribution < 1.29 is 109 Å². The molecule has 1 aliphatic heterocycles. The third kappa shape index (κ3) is 7.95. The summed E-state index contributed by atoms with van der Waals surface area (Å²) in [6.07, 6.45) is -11.2. The van der Waals surface area contributed by atoms with Gasteiger partial charge in [0.05, 0.1) is 22.3 Å². The second kappa shape index (κ2) is 15.3. The molecule has 22 heteroatoms. The van der Waals surface area contributed by atoms with E-state index in [1.807, 2.05) is 0 Å². The Kier molecular flexibility index (Phi) is 10.8. The maximum Gasteiger partial charge on any atom is 0.340 e. The van der Waals surface area contributed by atoms with Gasteiger partial charge in [0.25, 0.3) is 0 Å². The van der Waals surface area contributed by atoms with E-state index in [9.17, 15) is 85.6 Å². The average Bonchev–Trinajstić information content (AvgIpc) is 3.14. The first kappa shape index (κ1) is 39.5. The van der Waals surface area contributed by atoms with Crippen LogP contribution >= 0.6 is 0 Å². The molecule has 56 heavy (non-hydrogen) atoms. The van der Waals surface area contributed by atoms with Crippen LogP contribution in [-0.2, 0) is 23.7 Å². The SMILES string of the molecule is O=C(OC[C@H]1O[C@@H](OC(=O)c2cc(O)c(O)c(O)c2)[C@H](OC(=O)c2cc(O)c(O)c(O)c2)[C@H](OC(=O)c2cc(O)c(O)c(O)c2)[C@H]1O)c1cc(O)c(O)c(O)c1. The number of esters is 4. The summed E-state index contributed by atoms with van der Waals surface area (Å²) in [7, 11) is 0. The highest BCUT2D eigenvalue weighted by atomic mass is 16.7. The molecule has 0 bridgehead atoms. The summed E-state index contributed by atoms with van der Waals surface area (Å²) in [4.78, 5) is 52.9. The Balaban J connectivity index is 1.55. The summed E-state index contributed by atoms with van der Waals surface area (Å²) in [5.74, 6) is -18.1. The van der Waals surface area contributed by atoms with Crippen molar-refractivity contribution in [3.63, 3.8) is 0 Å². The fourth-order valence-electron chi connectivity index (χ4n) is 5.07. The molecule has 1 aliphatic rings.